The van der Waals surface area contributed by atoms with Crippen LogP contribution in [-0.2, 0) is 4.74 Å². The van der Waals surface area contributed by atoms with E-state index in [1.165, 1.54) is 24.6 Å². The SMILES string of the molecule is CCC1CCCCC1OC(=O)c1ccc(F)c(N)c1. The molecule has 0 aliphatic heterocycles. The van der Waals surface area contributed by atoms with Gasteiger partial charge in [-0.05, 0) is 49.8 Å². The molecular formula is C15H20FNO2. The number of carbonyl (C=O) groups is 1. The van der Waals surface area contributed by atoms with Crippen molar-refractivity contribution in [1.82, 2.24) is 0 Å². The summed E-state index contributed by atoms with van der Waals surface area (Å²) in [5, 5.41) is 0. The van der Waals surface area contributed by atoms with Crippen LogP contribution < -0.4 is 5.73 Å². The molecule has 0 aromatic heterocycles. The number of halogens is 1. The number of ether oxygens (including phenoxy) is 1. The smallest absolute Gasteiger partial charge is 0.338 e. The Kier molecular flexibility index (Phi) is 4.40. The van der Waals surface area contributed by atoms with E-state index >= 15 is 0 Å². The molecule has 2 rings (SSSR count). The zero-order valence-electron chi connectivity index (χ0n) is 11.2. The summed E-state index contributed by atoms with van der Waals surface area (Å²) in [6.07, 6.45) is 5.33. The number of nitrogens with two attached hydrogens (primary N) is 1. The zero-order valence-corrected chi connectivity index (χ0v) is 11.2. The third kappa shape index (κ3) is 3.25. The van der Waals surface area contributed by atoms with Crippen molar-refractivity contribution in [2.75, 3.05) is 5.73 Å². The predicted octanol–water partition coefficient (Wildman–Crippen LogP) is 3.53. The van der Waals surface area contributed by atoms with Crippen molar-refractivity contribution >= 4 is 11.7 Å². The van der Waals surface area contributed by atoms with E-state index in [2.05, 4.69) is 6.92 Å². The van der Waals surface area contributed by atoms with Gasteiger partial charge in [0.2, 0.25) is 0 Å². The molecule has 4 heteroatoms. The first-order chi connectivity index (χ1) is 9.11. The summed E-state index contributed by atoms with van der Waals surface area (Å²) in [6.45, 7) is 2.12. The lowest BCUT2D eigenvalue weighted by molar-refractivity contribution is 0.000711. The Balaban J connectivity index is 2.05. The van der Waals surface area contributed by atoms with Gasteiger partial charge in [-0.15, -0.1) is 0 Å². The third-order valence-electron chi connectivity index (χ3n) is 3.85. The molecular weight excluding hydrogens is 245 g/mol. The quantitative estimate of drug-likeness (QED) is 0.672. The van der Waals surface area contributed by atoms with Crippen LogP contribution >= 0.6 is 0 Å². The van der Waals surface area contributed by atoms with E-state index in [9.17, 15) is 9.18 Å². The Labute approximate surface area is 112 Å². The largest absolute Gasteiger partial charge is 0.458 e. The fraction of sp³-hybridized carbons (Fsp3) is 0.533. The van der Waals surface area contributed by atoms with Crippen LogP contribution in [0, 0.1) is 11.7 Å². The van der Waals surface area contributed by atoms with Crippen LogP contribution in [0.25, 0.3) is 0 Å². The molecule has 0 heterocycles. The van der Waals surface area contributed by atoms with Crippen LogP contribution in [0.5, 0.6) is 0 Å². The minimum atomic E-state index is -0.513. The van der Waals surface area contributed by atoms with Crippen molar-refractivity contribution in [2.24, 2.45) is 5.92 Å². The molecule has 1 fully saturated rings. The van der Waals surface area contributed by atoms with E-state index < -0.39 is 11.8 Å². The van der Waals surface area contributed by atoms with Crippen molar-refractivity contribution in [3.05, 3.63) is 29.6 Å². The van der Waals surface area contributed by atoms with Crippen LogP contribution in [0.4, 0.5) is 10.1 Å². The van der Waals surface area contributed by atoms with E-state index in [0.29, 0.717) is 11.5 Å². The number of nitrogen functional groups attached to an aromatic ring is 1. The zero-order chi connectivity index (χ0) is 13.8. The molecule has 1 aromatic carbocycles. The lowest BCUT2D eigenvalue weighted by Crippen LogP contribution is -2.29. The van der Waals surface area contributed by atoms with E-state index in [0.717, 1.165) is 25.7 Å². The average molecular weight is 265 g/mol. The molecule has 1 aliphatic rings. The maximum atomic E-state index is 13.1. The van der Waals surface area contributed by atoms with Crippen molar-refractivity contribution in [1.29, 1.82) is 0 Å². The first-order valence-electron chi connectivity index (χ1n) is 6.87. The molecule has 1 aliphatic carbocycles. The number of rotatable bonds is 3. The Hall–Kier alpha value is -1.58. The van der Waals surface area contributed by atoms with Crippen LogP contribution in [0.15, 0.2) is 18.2 Å². The third-order valence-corrected chi connectivity index (χ3v) is 3.85. The van der Waals surface area contributed by atoms with Gasteiger partial charge in [-0.1, -0.05) is 13.3 Å². The van der Waals surface area contributed by atoms with E-state index in [-0.39, 0.29) is 11.8 Å². The van der Waals surface area contributed by atoms with Gasteiger partial charge in [-0.25, -0.2) is 9.18 Å². The standard InChI is InChI=1S/C15H20FNO2/c1-2-10-5-3-4-6-14(10)19-15(18)11-7-8-12(16)13(17)9-11/h7-10,14H,2-6,17H2,1H3. The highest BCUT2D eigenvalue weighted by Gasteiger charge is 2.27. The van der Waals surface area contributed by atoms with Gasteiger partial charge in [0.25, 0.3) is 0 Å². The molecule has 2 unspecified atom stereocenters. The topological polar surface area (TPSA) is 52.3 Å². The van der Waals surface area contributed by atoms with Crippen LogP contribution in [0.2, 0.25) is 0 Å². The van der Waals surface area contributed by atoms with Crippen LogP contribution in [0.1, 0.15) is 49.4 Å². The van der Waals surface area contributed by atoms with Gasteiger partial charge in [0.1, 0.15) is 11.9 Å². The molecule has 2 N–H and O–H groups in total. The molecule has 0 spiro atoms. The summed E-state index contributed by atoms with van der Waals surface area (Å²) in [5.74, 6) is -0.479. The lowest BCUT2D eigenvalue weighted by atomic mass is 9.85. The van der Waals surface area contributed by atoms with Crippen LogP contribution in [0.3, 0.4) is 0 Å². The van der Waals surface area contributed by atoms with E-state index in [1.807, 2.05) is 0 Å². The average Bonchev–Trinajstić information content (AvgIpc) is 2.42. The number of carbonyl (C=O) groups excluding carboxylic acids is 1. The summed E-state index contributed by atoms with van der Waals surface area (Å²) in [4.78, 5) is 12.0. The highest BCUT2D eigenvalue weighted by molar-refractivity contribution is 5.90. The molecule has 0 saturated heterocycles. The van der Waals surface area contributed by atoms with Gasteiger partial charge in [0, 0.05) is 0 Å². The van der Waals surface area contributed by atoms with Crippen molar-refractivity contribution in [2.45, 2.75) is 45.1 Å². The summed E-state index contributed by atoms with van der Waals surface area (Å²) in [6, 6.07) is 3.95. The molecule has 1 aromatic rings. The summed E-state index contributed by atoms with van der Waals surface area (Å²) >= 11 is 0. The van der Waals surface area contributed by atoms with Gasteiger partial charge in [-0.2, -0.15) is 0 Å². The molecule has 2 atom stereocenters. The van der Waals surface area contributed by atoms with E-state index in [4.69, 9.17) is 10.5 Å². The van der Waals surface area contributed by atoms with E-state index in [1.54, 1.807) is 0 Å². The molecule has 104 valence electrons. The fourth-order valence-electron chi connectivity index (χ4n) is 2.67. The number of benzene rings is 1. The maximum Gasteiger partial charge on any atom is 0.338 e. The Bertz CT molecular complexity index is 461. The lowest BCUT2D eigenvalue weighted by Gasteiger charge is -2.30. The van der Waals surface area contributed by atoms with Gasteiger partial charge < -0.3 is 10.5 Å². The van der Waals surface area contributed by atoms with Gasteiger partial charge in [0.05, 0.1) is 11.3 Å². The fourth-order valence-corrected chi connectivity index (χ4v) is 2.67. The molecule has 19 heavy (non-hydrogen) atoms. The van der Waals surface area contributed by atoms with Gasteiger partial charge in [-0.3, -0.25) is 0 Å². The van der Waals surface area contributed by atoms with Crippen molar-refractivity contribution in [3.63, 3.8) is 0 Å². The first kappa shape index (κ1) is 13.8. The van der Waals surface area contributed by atoms with Gasteiger partial charge in [0.15, 0.2) is 0 Å². The molecule has 0 bridgehead atoms. The Morgan fingerprint density at radius 1 is 1.42 bits per heavy atom. The minimum absolute atomic E-state index is 0.0162. The normalized spacial score (nSPS) is 23.1. The summed E-state index contributed by atoms with van der Waals surface area (Å²) in [5.41, 5.74) is 5.76. The Morgan fingerprint density at radius 3 is 2.84 bits per heavy atom. The van der Waals surface area contributed by atoms with Crippen molar-refractivity contribution in [3.8, 4) is 0 Å². The first-order valence-corrected chi connectivity index (χ1v) is 6.87. The molecule has 1 saturated carbocycles. The highest BCUT2D eigenvalue weighted by Crippen LogP contribution is 2.29. The Morgan fingerprint density at radius 2 is 2.16 bits per heavy atom. The predicted molar refractivity (Wildman–Crippen MR) is 72.3 cm³/mol. The summed E-state index contributed by atoms with van der Waals surface area (Å²) in [7, 11) is 0. The number of hydrogen-bond acceptors (Lipinski definition) is 3. The highest BCUT2D eigenvalue weighted by atomic mass is 19.1. The summed E-state index contributed by atoms with van der Waals surface area (Å²) < 4.78 is 18.6. The maximum absolute atomic E-state index is 13.1. The second-order valence-electron chi connectivity index (χ2n) is 5.13. The molecule has 0 amide bonds. The second kappa shape index (κ2) is 6.04. The minimum Gasteiger partial charge on any atom is -0.458 e. The second-order valence-corrected chi connectivity index (χ2v) is 5.13. The number of esters is 1. The van der Waals surface area contributed by atoms with Gasteiger partial charge >= 0.3 is 5.97 Å². The molecule has 3 nitrogen and oxygen atoms in total. The van der Waals surface area contributed by atoms with Crippen LogP contribution in [-0.4, -0.2) is 12.1 Å². The molecule has 0 radical (unpaired) electrons. The number of anilines is 1. The van der Waals surface area contributed by atoms with Crippen molar-refractivity contribution < 1.29 is 13.9 Å². The monoisotopic (exact) mass is 265 g/mol. The number of hydrogen-bond donors (Lipinski definition) is 1.